The standard InChI is InChI=1S/C13H26N2O3/c1-5-11-9-18-10(2)8-15(11)7-6-12(14-3)13(16)17-4/h10-12,14H,5-9H2,1-4H3. The molecule has 0 radical (unpaired) electrons. The minimum absolute atomic E-state index is 0.188. The molecular formula is C13H26N2O3. The molecule has 0 amide bonds. The summed E-state index contributed by atoms with van der Waals surface area (Å²) in [5.41, 5.74) is 0. The summed E-state index contributed by atoms with van der Waals surface area (Å²) in [7, 11) is 3.22. The lowest BCUT2D eigenvalue weighted by Crippen LogP contribution is -2.50. The summed E-state index contributed by atoms with van der Waals surface area (Å²) in [5, 5.41) is 3.00. The summed E-state index contributed by atoms with van der Waals surface area (Å²) in [5.74, 6) is -0.188. The number of esters is 1. The maximum absolute atomic E-state index is 11.5. The smallest absolute Gasteiger partial charge is 0.322 e. The SMILES string of the molecule is CCC1COC(C)CN1CCC(NC)C(=O)OC. The lowest BCUT2D eigenvalue weighted by Gasteiger charge is -2.38. The average Bonchev–Trinajstić information content (AvgIpc) is 2.39. The van der Waals surface area contributed by atoms with Gasteiger partial charge < -0.3 is 14.8 Å². The summed E-state index contributed by atoms with van der Waals surface area (Å²) >= 11 is 0. The average molecular weight is 258 g/mol. The van der Waals surface area contributed by atoms with Crippen LogP contribution in [0.15, 0.2) is 0 Å². The Labute approximate surface area is 110 Å². The Hall–Kier alpha value is -0.650. The van der Waals surface area contributed by atoms with Crippen molar-refractivity contribution < 1.29 is 14.3 Å². The van der Waals surface area contributed by atoms with Crippen LogP contribution in [0.1, 0.15) is 26.7 Å². The van der Waals surface area contributed by atoms with Crippen molar-refractivity contribution in [2.45, 2.75) is 44.9 Å². The summed E-state index contributed by atoms with van der Waals surface area (Å²) in [6.07, 6.45) is 2.13. The lowest BCUT2D eigenvalue weighted by molar-refractivity contribution is -0.143. The third kappa shape index (κ3) is 4.23. The number of hydrogen-bond acceptors (Lipinski definition) is 5. The highest BCUT2D eigenvalue weighted by atomic mass is 16.5. The minimum atomic E-state index is -0.217. The zero-order valence-corrected chi connectivity index (χ0v) is 11.9. The van der Waals surface area contributed by atoms with E-state index in [2.05, 4.69) is 24.1 Å². The second-order valence-electron chi connectivity index (χ2n) is 4.85. The van der Waals surface area contributed by atoms with Gasteiger partial charge in [-0.25, -0.2) is 0 Å². The lowest BCUT2D eigenvalue weighted by atomic mass is 10.1. The Morgan fingerprint density at radius 2 is 2.33 bits per heavy atom. The van der Waals surface area contributed by atoms with Gasteiger partial charge in [0, 0.05) is 19.1 Å². The van der Waals surface area contributed by atoms with Crippen molar-refractivity contribution in [3.63, 3.8) is 0 Å². The molecule has 1 aliphatic rings. The van der Waals surface area contributed by atoms with E-state index in [9.17, 15) is 4.79 Å². The van der Waals surface area contributed by atoms with Crippen molar-refractivity contribution in [3.8, 4) is 0 Å². The highest BCUT2D eigenvalue weighted by molar-refractivity contribution is 5.75. The van der Waals surface area contributed by atoms with E-state index in [1.165, 1.54) is 7.11 Å². The fraction of sp³-hybridized carbons (Fsp3) is 0.923. The van der Waals surface area contributed by atoms with Gasteiger partial charge in [-0.3, -0.25) is 9.69 Å². The Kier molecular flexibility index (Phi) is 6.60. The van der Waals surface area contributed by atoms with E-state index in [0.29, 0.717) is 6.04 Å². The number of hydrogen-bond donors (Lipinski definition) is 1. The molecular weight excluding hydrogens is 232 g/mol. The fourth-order valence-corrected chi connectivity index (χ4v) is 2.38. The van der Waals surface area contributed by atoms with Crippen LogP contribution in [0.25, 0.3) is 0 Å². The molecule has 3 unspecified atom stereocenters. The minimum Gasteiger partial charge on any atom is -0.468 e. The second kappa shape index (κ2) is 7.71. The highest BCUT2D eigenvalue weighted by Gasteiger charge is 2.27. The Bertz CT molecular complexity index is 261. The van der Waals surface area contributed by atoms with Crippen molar-refractivity contribution >= 4 is 5.97 Å². The molecule has 1 aliphatic heterocycles. The summed E-state index contributed by atoms with van der Waals surface area (Å²) in [6, 6.07) is 0.252. The molecule has 3 atom stereocenters. The largest absolute Gasteiger partial charge is 0.468 e. The summed E-state index contributed by atoms with van der Waals surface area (Å²) < 4.78 is 10.4. The number of nitrogens with one attached hydrogen (secondary N) is 1. The zero-order chi connectivity index (χ0) is 13.5. The molecule has 18 heavy (non-hydrogen) atoms. The number of rotatable bonds is 6. The number of nitrogens with zero attached hydrogens (tertiary/aromatic N) is 1. The number of morpholine rings is 1. The molecule has 0 aromatic heterocycles. The van der Waals surface area contributed by atoms with Gasteiger partial charge in [-0.2, -0.15) is 0 Å². The molecule has 1 rings (SSSR count). The van der Waals surface area contributed by atoms with Crippen molar-refractivity contribution in [2.75, 3.05) is 33.9 Å². The summed E-state index contributed by atoms with van der Waals surface area (Å²) in [6.45, 7) is 6.89. The molecule has 1 saturated heterocycles. The second-order valence-corrected chi connectivity index (χ2v) is 4.85. The highest BCUT2D eigenvalue weighted by Crippen LogP contribution is 2.15. The molecule has 0 bridgehead atoms. The molecule has 1 heterocycles. The van der Waals surface area contributed by atoms with Gasteiger partial charge in [-0.05, 0) is 26.8 Å². The van der Waals surface area contributed by atoms with Gasteiger partial charge in [0.05, 0.1) is 19.8 Å². The van der Waals surface area contributed by atoms with Crippen LogP contribution in [0.3, 0.4) is 0 Å². The van der Waals surface area contributed by atoms with Crippen molar-refractivity contribution in [3.05, 3.63) is 0 Å². The van der Waals surface area contributed by atoms with Gasteiger partial charge in [-0.15, -0.1) is 0 Å². The molecule has 5 nitrogen and oxygen atoms in total. The number of likely N-dealkylation sites (N-methyl/N-ethyl adjacent to an activating group) is 1. The van der Waals surface area contributed by atoms with Crippen LogP contribution in [0.5, 0.6) is 0 Å². The van der Waals surface area contributed by atoms with Crippen LogP contribution in [-0.2, 0) is 14.3 Å². The first kappa shape index (κ1) is 15.4. The number of ether oxygens (including phenoxy) is 2. The third-order valence-corrected chi connectivity index (χ3v) is 3.59. The quantitative estimate of drug-likeness (QED) is 0.708. The number of methoxy groups -OCH3 is 1. The van der Waals surface area contributed by atoms with E-state index in [4.69, 9.17) is 9.47 Å². The van der Waals surface area contributed by atoms with Crippen LogP contribution in [0.4, 0.5) is 0 Å². The van der Waals surface area contributed by atoms with E-state index in [1.54, 1.807) is 7.05 Å². The van der Waals surface area contributed by atoms with Gasteiger partial charge in [0.1, 0.15) is 6.04 Å². The topological polar surface area (TPSA) is 50.8 Å². The van der Waals surface area contributed by atoms with Crippen LogP contribution >= 0.6 is 0 Å². The van der Waals surface area contributed by atoms with E-state index < -0.39 is 0 Å². The molecule has 1 N–H and O–H groups in total. The van der Waals surface area contributed by atoms with E-state index in [-0.39, 0.29) is 18.1 Å². The van der Waals surface area contributed by atoms with Gasteiger partial charge in [0.25, 0.3) is 0 Å². The number of carbonyl (C=O) groups excluding carboxylic acids is 1. The Morgan fingerprint density at radius 1 is 1.61 bits per heavy atom. The first-order chi connectivity index (χ1) is 8.62. The van der Waals surface area contributed by atoms with Gasteiger partial charge in [0.2, 0.25) is 0 Å². The molecule has 0 aromatic carbocycles. The Balaban J connectivity index is 2.45. The molecule has 5 heteroatoms. The van der Waals surface area contributed by atoms with Crippen LogP contribution < -0.4 is 5.32 Å². The zero-order valence-electron chi connectivity index (χ0n) is 11.9. The van der Waals surface area contributed by atoms with Crippen molar-refractivity contribution in [1.82, 2.24) is 10.2 Å². The van der Waals surface area contributed by atoms with Gasteiger partial charge in [0.15, 0.2) is 0 Å². The van der Waals surface area contributed by atoms with Crippen LogP contribution in [-0.4, -0.2) is 62.9 Å². The monoisotopic (exact) mass is 258 g/mol. The van der Waals surface area contributed by atoms with Crippen LogP contribution in [0, 0.1) is 0 Å². The van der Waals surface area contributed by atoms with Gasteiger partial charge >= 0.3 is 5.97 Å². The predicted molar refractivity (Wildman–Crippen MR) is 70.5 cm³/mol. The summed E-state index contributed by atoms with van der Waals surface area (Å²) in [4.78, 5) is 13.9. The van der Waals surface area contributed by atoms with Crippen LogP contribution in [0.2, 0.25) is 0 Å². The molecule has 0 saturated carbocycles. The molecule has 106 valence electrons. The van der Waals surface area contributed by atoms with Crippen molar-refractivity contribution in [2.24, 2.45) is 0 Å². The van der Waals surface area contributed by atoms with Crippen molar-refractivity contribution in [1.29, 1.82) is 0 Å². The molecule has 1 fully saturated rings. The Morgan fingerprint density at radius 3 is 2.89 bits per heavy atom. The molecule has 0 spiro atoms. The van der Waals surface area contributed by atoms with E-state index in [0.717, 1.165) is 32.5 Å². The first-order valence-electron chi connectivity index (χ1n) is 6.73. The fourth-order valence-electron chi connectivity index (χ4n) is 2.38. The maximum Gasteiger partial charge on any atom is 0.322 e. The van der Waals surface area contributed by atoms with E-state index in [1.807, 2.05) is 0 Å². The predicted octanol–water partition coefficient (Wildman–Crippen LogP) is 0.637. The van der Waals surface area contributed by atoms with Gasteiger partial charge in [-0.1, -0.05) is 6.92 Å². The normalized spacial score (nSPS) is 26.9. The maximum atomic E-state index is 11.5. The first-order valence-corrected chi connectivity index (χ1v) is 6.73. The molecule has 0 aromatic rings. The van der Waals surface area contributed by atoms with E-state index >= 15 is 0 Å². The third-order valence-electron chi connectivity index (χ3n) is 3.59. The molecule has 0 aliphatic carbocycles. The number of carbonyl (C=O) groups is 1.